The number of aromatic nitrogens is 1. The number of hydrogen-bond donors (Lipinski definition) is 1. The van der Waals surface area contributed by atoms with Gasteiger partial charge in [-0.3, -0.25) is 9.59 Å². The summed E-state index contributed by atoms with van der Waals surface area (Å²) >= 11 is 0. The fraction of sp³-hybridized carbons (Fsp3) is 0.467. The number of nitrogens with zero attached hydrogens (tertiary/aromatic N) is 2. The Kier molecular flexibility index (Phi) is 7.30. The van der Waals surface area contributed by atoms with Crippen LogP contribution in [0.5, 0.6) is 0 Å². The summed E-state index contributed by atoms with van der Waals surface area (Å²) < 4.78 is 7.61. The van der Waals surface area contributed by atoms with Crippen LogP contribution in [0.1, 0.15) is 74.3 Å². The van der Waals surface area contributed by atoms with Crippen LogP contribution in [0.15, 0.2) is 65.3 Å². The molecule has 0 bridgehead atoms. The fourth-order valence-electron chi connectivity index (χ4n) is 5.79. The van der Waals surface area contributed by atoms with Crippen LogP contribution in [0, 0.1) is 0 Å². The molecule has 1 atom stereocenters. The van der Waals surface area contributed by atoms with E-state index in [2.05, 4.69) is 17.4 Å². The molecular weight excluding hydrogens is 450 g/mol. The lowest BCUT2D eigenvalue weighted by Gasteiger charge is -2.45. The van der Waals surface area contributed by atoms with E-state index in [-0.39, 0.29) is 17.9 Å². The van der Waals surface area contributed by atoms with Crippen molar-refractivity contribution in [3.8, 4) is 11.5 Å². The van der Waals surface area contributed by atoms with Crippen molar-refractivity contribution in [1.82, 2.24) is 14.8 Å². The second-order valence-electron chi connectivity index (χ2n) is 10.5. The van der Waals surface area contributed by atoms with E-state index in [1.807, 2.05) is 58.9 Å². The van der Waals surface area contributed by atoms with E-state index in [1.165, 1.54) is 24.8 Å². The molecule has 1 aliphatic carbocycles. The lowest BCUT2D eigenvalue weighted by molar-refractivity contribution is -0.133. The normalized spacial score (nSPS) is 21.0. The van der Waals surface area contributed by atoms with Gasteiger partial charge in [0, 0.05) is 12.6 Å². The third kappa shape index (κ3) is 4.99. The molecule has 1 fully saturated rings. The van der Waals surface area contributed by atoms with Gasteiger partial charge in [0.15, 0.2) is 0 Å². The molecule has 6 nitrogen and oxygen atoms in total. The Hall–Kier alpha value is -3.28. The van der Waals surface area contributed by atoms with Gasteiger partial charge in [0.25, 0.3) is 5.91 Å². The van der Waals surface area contributed by atoms with Gasteiger partial charge in [0.2, 0.25) is 5.91 Å². The maximum absolute atomic E-state index is 14.0. The fourth-order valence-corrected chi connectivity index (χ4v) is 5.79. The van der Waals surface area contributed by atoms with Crippen molar-refractivity contribution in [3.05, 3.63) is 72.1 Å². The van der Waals surface area contributed by atoms with Crippen molar-refractivity contribution in [2.75, 3.05) is 6.54 Å². The number of carbonyl (C=O) groups is 2. The number of furan rings is 1. The molecule has 0 spiro atoms. The minimum Gasteiger partial charge on any atom is -0.463 e. The SMILES string of the molecule is C[C@@]1(C(=O)NC2CCCCCCC2)Cn2c(ccc2-c2ccco2)C(=O)N1CCCc1ccccc1. The average Bonchev–Trinajstić information content (AvgIpc) is 3.53. The summed E-state index contributed by atoms with van der Waals surface area (Å²) in [5.74, 6) is 0.558. The second kappa shape index (κ2) is 10.8. The second-order valence-corrected chi connectivity index (χ2v) is 10.5. The lowest BCUT2D eigenvalue weighted by Crippen LogP contribution is -2.65. The van der Waals surface area contributed by atoms with Crippen molar-refractivity contribution in [3.63, 3.8) is 0 Å². The van der Waals surface area contributed by atoms with Crippen LogP contribution >= 0.6 is 0 Å². The van der Waals surface area contributed by atoms with Crippen LogP contribution in [0.25, 0.3) is 11.5 Å². The molecule has 0 saturated heterocycles. The van der Waals surface area contributed by atoms with Crippen LogP contribution in [0.3, 0.4) is 0 Å². The smallest absolute Gasteiger partial charge is 0.271 e. The Bertz CT molecular complexity index is 1160. The van der Waals surface area contributed by atoms with E-state index in [0.29, 0.717) is 24.5 Å². The first-order valence-electron chi connectivity index (χ1n) is 13.5. The van der Waals surface area contributed by atoms with Gasteiger partial charge >= 0.3 is 0 Å². The summed E-state index contributed by atoms with van der Waals surface area (Å²) in [5.41, 5.74) is 1.70. The van der Waals surface area contributed by atoms with Crippen molar-refractivity contribution in [2.24, 2.45) is 0 Å². The van der Waals surface area contributed by atoms with Gasteiger partial charge in [0.1, 0.15) is 17.0 Å². The first-order valence-corrected chi connectivity index (χ1v) is 13.5. The molecule has 0 radical (unpaired) electrons. The van der Waals surface area contributed by atoms with E-state index in [0.717, 1.165) is 44.2 Å². The molecule has 2 aliphatic rings. The zero-order valence-corrected chi connectivity index (χ0v) is 21.2. The van der Waals surface area contributed by atoms with Crippen LogP contribution < -0.4 is 5.32 Å². The van der Waals surface area contributed by atoms with Crippen molar-refractivity contribution < 1.29 is 14.0 Å². The van der Waals surface area contributed by atoms with Crippen LogP contribution in [-0.4, -0.2) is 39.4 Å². The Morgan fingerprint density at radius 1 is 0.972 bits per heavy atom. The topological polar surface area (TPSA) is 67.5 Å². The highest BCUT2D eigenvalue weighted by atomic mass is 16.3. The van der Waals surface area contributed by atoms with Gasteiger partial charge in [-0.05, 0) is 62.4 Å². The van der Waals surface area contributed by atoms with Gasteiger partial charge in [-0.2, -0.15) is 0 Å². The standard InChI is InChI=1S/C30H37N3O3/c1-30(29(35)31-24-15-8-3-2-4-9-16-24)22-32-25(27-17-11-21-36-27)18-19-26(32)28(34)33(30)20-10-14-23-12-6-5-7-13-23/h5-7,11-13,17-19,21,24H,2-4,8-10,14-16,20,22H2,1H3,(H,31,35)/t30-/m0/s1. The number of benzene rings is 1. The molecular formula is C30H37N3O3. The molecule has 3 heterocycles. The lowest BCUT2D eigenvalue weighted by atomic mass is 9.91. The van der Waals surface area contributed by atoms with Crippen LogP contribution in [-0.2, 0) is 17.8 Å². The molecule has 3 aromatic rings. The van der Waals surface area contributed by atoms with E-state index >= 15 is 0 Å². The molecule has 0 unspecified atom stereocenters. The van der Waals surface area contributed by atoms with E-state index in [4.69, 9.17) is 4.42 Å². The third-order valence-electron chi connectivity index (χ3n) is 7.90. The molecule has 1 N–H and O–H groups in total. The van der Waals surface area contributed by atoms with Crippen molar-refractivity contribution in [2.45, 2.75) is 82.8 Å². The number of rotatable bonds is 7. The largest absolute Gasteiger partial charge is 0.463 e. The van der Waals surface area contributed by atoms with Gasteiger partial charge in [-0.1, -0.05) is 62.4 Å². The molecule has 6 heteroatoms. The van der Waals surface area contributed by atoms with Gasteiger partial charge < -0.3 is 19.2 Å². The quantitative estimate of drug-likeness (QED) is 0.456. The van der Waals surface area contributed by atoms with Crippen molar-refractivity contribution >= 4 is 11.8 Å². The Morgan fingerprint density at radius 3 is 2.42 bits per heavy atom. The first kappa shape index (κ1) is 24.4. The molecule has 1 saturated carbocycles. The zero-order chi connectivity index (χ0) is 25.0. The maximum Gasteiger partial charge on any atom is 0.271 e. The number of fused-ring (bicyclic) bond motifs is 1. The molecule has 1 aliphatic heterocycles. The summed E-state index contributed by atoms with van der Waals surface area (Å²) in [6, 6.07) is 18.0. The van der Waals surface area contributed by atoms with E-state index in [9.17, 15) is 9.59 Å². The molecule has 2 amide bonds. The summed E-state index contributed by atoms with van der Waals surface area (Å²) in [7, 11) is 0. The Morgan fingerprint density at radius 2 is 1.69 bits per heavy atom. The summed E-state index contributed by atoms with van der Waals surface area (Å²) in [6.07, 6.45) is 11.4. The first-order chi connectivity index (χ1) is 17.6. The summed E-state index contributed by atoms with van der Waals surface area (Å²) in [5, 5.41) is 3.36. The van der Waals surface area contributed by atoms with Gasteiger partial charge in [-0.25, -0.2) is 0 Å². The summed E-state index contributed by atoms with van der Waals surface area (Å²) in [4.78, 5) is 29.6. The predicted octanol–water partition coefficient (Wildman–Crippen LogP) is 5.82. The number of nitrogens with one attached hydrogen (secondary N) is 1. The van der Waals surface area contributed by atoms with Gasteiger partial charge in [-0.15, -0.1) is 0 Å². The molecule has 1 aromatic carbocycles. The number of aryl methyl sites for hydroxylation is 1. The van der Waals surface area contributed by atoms with Crippen LogP contribution in [0.4, 0.5) is 0 Å². The average molecular weight is 488 g/mol. The van der Waals surface area contributed by atoms with E-state index < -0.39 is 5.54 Å². The molecule has 5 rings (SSSR count). The Labute approximate surface area is 213 Å². The number of amides is 2. The Balaban J connectivity index is 1.41. The third-order valence-corrected chi connectivity index (χ3v) is 7.90. The van der Waals surface area contributed by atoms with Gasteiger partial charge in [0.05, 0.1) is 18.5 Å². The van der Waals surface area contributed by atoms with Crippen molar-refractivity contribution in [1.29, 1.82) is 0 Å². The monoisotopic (exact) mass is 487 g/mol. The minimum atomic E-state index is -0.983. The van der Waals surface area contributed by atoms with Crippen LogP contribution in [0.2, 0.25) is 0 Å². The number of carbonyl (C=O) groups excluding carboxylic acids is 2. The maximum atomic E-state index is 14.0. The molecule has 36 heavy (non-hydrogen) atoms. The summed E-state index contributed by atoms with van der Waals surface area (Å²) in [6.45, 7) is 2.87. The minimum absolute atomic E-state index is 0.0501. The highest BCUT2D eigenvalue weighted by molar-refractivity contribution is 6.00. The highest BCUT2D eigenvalue weighted by Gasteiger charge is 2.48. The number of hydrogen-bond acceptors (Lipinski definition) is 3. The highest BCUT2D eigenvalue weighted by Crippen LogP contribution is 2.34. The molecule has 2 aromatic heterocycles. The van der Waals surface area contributed by atoms with E-state index in [1.54, 1.807) is 6.26 Å². The zero-order valence-electron chi connectivity index (χ0n) is 21.2. The predicted molar refractivity (Wildman–Crippen MR) is 141 cm³/mol. The molecule has 190 valence electrons.